The van der Waals surface area contributed by atoms with Gasteiger partial charge >= 0.3 is 0 Å². The summed E-state index contributed by atoms with van der Waals surface area (Å²) in [5, 5.41) is 4.44. The first-order chi connectivity index (χ1) is 16.0. The Morgan fingerprint density at radius 3 is 2.67 bits per heavy atom. The largest absolute Gasteiger partial charge is 0.360 e. The van der Waals surface area contributed by atoms with Crippen LogP contribution in [0.2, 0.25) is 5.02 Å². The summed E-state index contributed by atoms with van der Waals surface area (Å²) in [6.07, 6.45) is 3.43. The molecule has 1 atom stereocenters. The molecule has 0 fully saturated rings. The number of pyridine rings is 1. The maximum atomic E-state index is 14.1. The maximum Gasteiger partial charge on any atom is 0.264 e. The van der Waals surface area contributed by atoms with Crippen molar-refractivity contribution in [2.45, 2.75) is 19.4 Å². The number of nitrogens with one attached hydrogen (secondary N) is 2. The number of benzene rings is 2. The van der Waals surface area contributed by atoms with E-state index in [0.29, 0.717) is 34.5 Å². The molecular formula is C23H17ClF2N6O. The van der Waals surface area contributed by atoms with Crippen molar-refractivity contribution in [1.82, 2.24) is 24.5 Å². The van der Waals surface area contributed by atoms with E-state index in [4.69, 9.17) is 11.6 Å². The molecule has 0 amide bonds. The monoisotopic (exact) mass is 466 g/mol. The molecule has 2 aromatic carbocycles. The van der Waals surface area contributed by atoms with Crippen molar-refractivity contribution < 1.29 is 8.78 Å². The molecule has 2 N–H and O–H groups in total. The number of imidazole rings is 1. The van der Waals surface area contributed by atoms with Crippen LogP contribution in [0.1, 0.15) is 25.1 Å². The van der Waals surface area contributed by atoms with Gasteiger partial charge in [0.25, 0.3) is 5.56 Å². The van der Waals surface area contributed by atoms with Crippen LogP contribution >= 0.6 is 11.6 Å². The number of H-pyrrole nitrogens is 1. The summed E-state index contributed by atoms with van der Waals surface area (Å²) in [6, 6.07) is 9.43. The van der Waals surface area contributed by atoms with Gasteiger partial charge in [-0.1, -0.05) is 30.7 Å². The average Bonchev–Trinajstić information content (AvgIpc) is 3.26. The molecule has 33 heavy (non-hydrogen) atoms. The average molecular weight is 467 g/mol. The molecular weight excluding hydrogens is 450 g/mol. The van der Waals surface area contributed by atoms with Gasteiger partial charge in [0.2, 0.25) is 0 Å². The number of fused-ring (bicyclic) bond motifs is 2. The molecule has 10 heteroatoms. The van der Waals surface area contributed by atoms with Crippen LogP contribution in [-0.2, 0) is 0 Å². The number of aromatic amines is 1. The third-order valence-corrected chi connectivity index (χ3v) is 5.74. The maximum absolute atomic E-state index is 14.1. The van der Waals surface area contributed by atoms with Gasteiger partial charge < -0.3 is 10.3 Å². The van der Waals surface area contributed by atoms with Gasteiger partial charge in [-0.05, 0) is 36.1 Å². The Hall–Kier alpha value is -3.85. The van der Waals surface area contributed by atoms with Gasteiger partial charge in [0, 0.05) is 11.8 Å². The van der Waals surface area contributed by atoms with Gasteiger partial charge in [0.1, 0.15) is 23.5 Å². The first-order valence-corrected chi connectivity index (χ1v) is 10.6. The van der Waals surface area contributed by atoms with E-state index in [-0.39, 0.29) is 16.1 Å². The molecule has 0 aliphatic heterocycles. The fraction of sp³-hybridized carbons (Fsp3) is 0.130. The van der Waals surface area contributed by atoms with Gasteiger partial charge in [0.15, 0.2) is 11.5 Å². The van der Waals surface area contributed by atoms with Crippen molar-refractivity contribution >= 4 is 39.4 Å². The van der Waals surface area contributed by atoms with Crippen LogP contribution in [0, 0.1) is 11.6 Å². The first-order valence-electron chi connectivity index (χ1n) is 10.2. The van der Waals surface area contributed by atoms with E-state index in [0.717, 1.165) is 18.2 Å². The summed E-state index contributed by atoms with van der Waals surface area (Å²) in [5.74, 6) is -1.13. The van der Waals surface area contributed by atoms with E-state index in [1.165, 1.54) is 17.2 Å². The molecule has 7 nitrogen and oxygen atoms in total. The minimum absolute atomic E-state index is 0.0576. The van der Waals surface area contributed by atoms with E-state index in [1.807, 2.05) is 6.92 Å². The summed E-state index contributed by atoms with van der Waals surface area (Å²) in [6.45, 7) is 1.92. The molecule has 0 radical (unpaired) electrons. The molecule has 0 unspecified atom stereocenters. The molecule has 0 spiro atoms. The molecule has 5 aromatic rings. The highest BCUT2D eigenvalue weighted by Crippen LogP contribution is 2.30. The number of aromatic nitrogens is 5. The van der Waals surface area contributed by atoms with Crippen molar-refractivity contribution in [3.8, 4) is 5.69 Å². The number of anilines is 1. The highest BCUT2D eigenvalue weighted by Gasteiger charge is 2.22. The van der Waals surface area contributed by atoms with Crippen LogP contribution in [-0.4, -0.2) is 24.5 Å². The predicted molar refractivity (Wildman–Crippen MR) is 123 cm³/mol. The molecule has 0 saturated carbocycles. The first kappa shape index (κ1) is 21.0. The van der Waals surface area contributed by atoms with E-state index in [2.05, 4.69) is 25.3 Å². The highest BCUT2D eigenvalue weighted by atomic mass is 35.5. The van der Waals surface area contributed by atoms with Gasteiger partial charge in [-0.15, -0.1) is 0 Å². The fourth-order valence-corrected chi connectivity index (χ4v) is 4.21. The third-order valence-electron chi connectivity index (χ3n) is 5.42. The third kappa shape index (κ3) is 3.70. The molecule has 166 valence electrons. The number of hydrogen-bond acceptors (Lipinski definition) is 5. The minimum Gasteiger partial charge on any atom is -0.360 e. The number of hydrogen-bond donors (Lipinski definition) is 2. The Morgan fingerprint density at radius 2 is 1.91 bits per heavy atom. The van der Waals surface area contributed by atoms with Gasteiger partial charge in [-0.3, -0.25) is 9.36 Å². The topological polar surface area (TPSA) is 88.5 Å². The lowest BCUT2D eigenvalue weighted by molar-refractivity contribution is 0.579. The van der Waals surface area contributed by atoms with E-state index < -0.39 is 23.2 Å². The molecule has 3 aromatic heterocycles. The standard InChI is InChI=1S/C23H17ClF2N6O/c1-2-17(31-22-20-21(28-10-27-20)29-11-30-22)18-6-12-4-3-5-16(24)19(12)23(33)32(18)15-8-13(25)7-14(26)9-15/h3-11,17H,2H2,1H3,(H2,27,28,29,30,31)/t17-/m0/s1. The highest BCUT2D eigenvalue weighted by molar-refractivity contribution is 6.35. The molecule has 3 heterocycles. The Labute approximate surface area is 191 Å². The summed E-state index contributed by atoms with van der Waals surface area (Å²) >= 11 is 6.33. The van der Waals surface area contributed by atoms with Gasteiger partial charge in [-0.2, -0.15) is 0 Å². The lowest BCUT2D eigenvalue weighted by atomic mass is 10.0. The Kier molecular flexibility index (Phi) is 5.26. The normalized spacial score (nSPS) is 12.4. The van der Waals surface area contributed by atoms with Crippen molar-refractivity contribution in [2.75, 3.05) is 5.32 Å². The molecule has 5 rings (SSSR count). The molecule has 0 saturated heterocycles. The second-order valence-corrected chi connectivity index (χ2v) is 7.88. The summed E-state index contributed by atoms with van der Waals surface area (Å²) in [5.41, 5.74) is 1.15. The van der Waals surface area contributed by atoms with E-state index >= 15 is 0 Å². The zero-order valence-corrected chi connectivity index (χ0v) is 18.1. The Balaban J connectivity index is 1.76. The van der Waals surface area contributed by atoms with Crippen LogP contribution < -0.4 is 10.9 Å². The zero-order chi connectivity index (χ0) is 23.1. The Bertz CT molecular complexity index is 1540. The predicted octanol–water partition coefficient (Wildman–Crippen LogP) is 5.15. The van der Waals surface area contributed by atoms with Crippen LogP contribution in [0.3, 0.4) is 0 Å². The lowest BCUT2D eigenvalue weighted by Crippen LogP contribution is -2.27. The van der Waals surface area contributed by atoms with Crippen molar-refractivity contribution in [3.63, 3.8) is 0 Å². The summed E-state index contributed by atoms with van der Waals surface area (Å²) in [4.78, 5) is 29.2. The number of halogens is 3. The zero-order valence-electron chi connectivity index (χ0n) is 17.3. The van der Waals surface area contributed by atoms with E-state index in [1.54, 1.807) is 24.3 Å². The second kappa shape index (κ2) is 8.25. The lowest BCUT2D eigenvalue weighted by Gasteiger charge is -2.23. The summed E-state index contributed by atoms with van der Waals surface area (Å²) in [7, 11) is 0. The van der Waals surface area contributed by atoms with Crippen molar-refractivity contribution in [1.29, 1.82) is 0 Å². The number of nitrogens with zero attached hydrogens (tertiary/aromatic N) is 4. The second-order valence-electron chi connectivity index (χ2n) is 7.47. The van der Waals surface area contributed by atoms with Crippen LogP contribution in [0.15, 0.2) is 59.9 Å². The van der Waals surface area contributed by atoms with Crippen LogP contribution in [0.5, 0.6) is 0 Å². The summed E-state index contributed by atoms with van der Waals surface area (Å²) < 4.78 is 29.5. The smallest absolute Gasteiger partial charge is 0.264 e. The fourth-order valence-electron chi connectivity index (χ4n) is 3.95. The van der Waals surface area contributed by atoms with Crippen LogP contribution in [0.25, 0.3) is 27.6 Å². The molecule has 0 aliphatic carbocycles. The molecule has 0 aliphatic rings. The SMILES string of the molecule is CC[C@H](Nc1ncnc2[nH]cnc12)c1cc2cccc(Cl)c2c(=O)n1-c1cc(F)cc(F)c1. The van der Waals surface area contributed by atoms with Crippen LogP contribution in [0.4, 0.5) is 14.6 Å². The van der Waals surface area contributed by atoms with E-state index in [9.17, 15) is 13.6 Å². The van der Waals surface area contributed by atoms with Gasteiger partial charge in [-0.25, -0.2) is 23.7 Å². The quantitative estimate of drug-likeness (QED) is 0.374. The van der Waals surface area contributed by atoms with Gasteiger partial charge in [0.05, 0.1) is 28.5 Å². The van der Waals surface area contributed by atoms with Crippen molar-refractivity contribution in [3.05, 3.63) is 87.8 Å². The number of rotatable bonds is 5. The molecule has 0 bridgehead atoms. The van der Waals surface area contributed by atoms with Crippen molar-refractivity contribution in [2.24, 2.45) is 0 Å². The minimum atomic E-state index is -0.794. The Morgan fingerprint density at radius 1 is 1.12 bits per heavy atom.